The van der Waals surface area contributed by atoms with Crippen LogP contribution in [0.15, 0.2) is 170 Å². The highest BCUT2D eigenvalue weighted by Crippen LogP contribution is 2.71. The van der Waals surface area contributed by atoms with Crippen LogP contribution >= 0.6 is 14.6 Å². The third kappa shape index (κ3) is 4.66. The molecule has 46 heavy (non-hydrogen) atoms. The summed E-state index contributed by atoms with van der Waals surface area (Å²) in [6.07, 6.45) is 17.1. The van der Waals surface area contributed by atoms with Crippen molar-refractivity contribution in [1.29, 1.82) is 0 Å². The normalized spacial score (nSPS) is 33.2. The van der Waals surface area contributed by atoms with E-state index < -0.39 is 14.6 Å². The van der Waals surface area contributed by atoms with E-state index in [9.17, 15) is 0 Å². The average molecular weight is 641 g/mol. The van der Waals surface area contributed by atoms with Crippen LogP contribution in [-0.4, -0.2) is 33.7 Å². The summed E-state index contributed by atoms with van der Waals surface area (Å²) in [5.74, 6) is 0.132. The van der Waals surface area contributed by atoms with Crippen LogP contribution in [0, 0.1) is 11.8 Å². The highest BCUT2D eigenvalue weighted by molar-refractivity contribution is 7.71. The van der Waals surface area contributed by atoms with Crippen molar-refractivity contribution in [1.82, 2.24) is 9.34 Å². The lowest BCUT2D eigenvalue weighted by Crippen LogP contribution is -2.36. The minimum absolute atomic E-state index is 0.0660. The SMILES string of the molecule is O=[P@]1(c2ccccc2)[C@@H]2C=CC=C[C@@H]2[C@@H](c2ccccc2)N1CCN1[C@@H](c2ccccc2)[C@@H]2C=CC=C[C@@H]2[P@@]1(=O)c1ccccc1. The number of rotatable bonds is 7. The standard InChI is InChI=1S/C40H38N2O2P2/c43-45(33-21-9-3-10-22-33)37-27-15-13-25-35(37)39(31-17-5-1-6-18-31)41(45)29-30-42-40(32-19-7-2-8-20-32)36-26-14-16-28-38(36)46(42,44)34-23-11-4-12-24-34/h1-28,35-40H,29-30H2/t35-,36+,37+,38-,39+,40-,45+,46-. The molecular weight excluding hydrogens is 602 g/mol. The average Bonchev–Trinajstić information content (AvgIpc) is 3.55. The molecule has 0 unspecified atom stereocenters. The molecule has 6 heteroatoms. The molecule has 4 nitrogen and oxygen atoms in total. The second-order valence-electron chi connectivity index (χ2n) is 12.6. The van der Waals surface area contributed by atoms with Gasteiger partial charge in [-0.15, -0.1) is 0 Å². The summed E-state index contributed by atoms with van der Waals surface area (Å²) in [5.41, 5.74) is 2.06. The van der Waals surface area contributed by atoms with Crippen LogP contribution < -0.4 is 10.6 Å². The summed E-state index contributed by atoms with van der Waals surface area (Å²) in [5, 5.41) is 1.77. The Kier molecular flexibility index (Phi) is 7.79. The Labute approximate surface area is 272 Å². The number of benzene rings is 4. The van der Waals surface area contributed by atoms with Crippen LogP contribution in [-0.2, 0) is 9.13 Å². The fourth-order valence-electron chi connectivity index (χ4n) is 8.41. The topological polar surface area (TPSA) is 40.6 Å². The Hall–Kier alpha value is -3.78. The number of hydrogen-bond acceptors (Lipinski definition) is 2. The molecular formula is C40H38N2O2P2. The van der Waals surface area contributed by atoms with E-state index in [1.54, 1.807) is 0 Å². The quantitative estimate of drug-likeness (QED) is 0.190. The molecule has 4 aliphatic rings. The van der Waals surface area contributed by atoms with Crippen molar-refractivity contribution in [2.24, 2.45) is 11.8 Å². The van der Waals surface area contributed by atoms with Gasteiger partial charge in [-0.3, -0.25) is 0 Å². The smallest absolute Gasteiger partial charge is 0.186 e. The molecule has 0 bridgehead atoms. The highest BCUT2D eigenvalue weighted by Gasteiger charge is 2.59. The minimum Gasteiger partial charge on any atom is -0.301 e. The Morgan fingerprint density at radius 1 is 0.435 bits per heavy atom. The molecule has 4 aromatic rings. The second-order valence-corrected chi connectivity index (χ2v) is 18.4. The van der Waals surface area contributed by atoms with Gasteiger partial charge < -0.3 is 9.13 Å². The summed E-state index contributed by atoms with van der Waals surface area (Å²) >= 11 is 0. The minimum atomic E-state index is -3.13. The van der Waals surface area contributed by atoms with Gasteiger partial charge in [0.15, 0.2) is 14.6 Å². The molecule has 0 spiro atoms. The van der Waals surface area contributed by atoms with E-state index in [4.69, 9.17) is 0 Å². The maximum Gasteiger partial charge on any atom is 0.186 e. The van der Waals surface area contributed by atoms with Crippen LogP contribution in [0.4, 0.5) is 0 Å². The van der Waals surface area contributed by atoms with Crippen LogP contribution in [0.3, 0.4) is 0 Å². The number of allylic oxidation sites excluding steroid dienone is 6. The Balaban J connectivity index is 1.27. The first-order chi connectivity index (χ1) is 22.6. The molecule has 8 rings (SSSR count). The van der Waals surface area contributed by atoms with Crippen LogP contribution in [0.1, 0.15) is 23.2 Å². The van der Waals surface area contributed by atoms with E-state index in [0.717, 1.165) is 21.7 Å². The lowest BCUT2D eigenvalue weighted by atomic mass is 9.87. The Morgan fingerprint density at radius 2 is 0.761 bits per heavy atom. The lowest BCUT2D eigenvalue weighted by molar-refractivity contribution is 0.254. The fourth-order valence-corrected chi connectivity index (χ4v) is 15.8. The van der Waals surface area contributed by atoms with Gasteiger partial charge in [0, 0.05) is 47.6 Å². The molecule has 0 saturated carbocycles. The van der Waals surface area contributed by atoms with Gasteiger partial charge >= 0.3 is 0 Å². The van der Waals surface area contributed by atoms with Crippen LogP contribution in [0.5, 0.6) is 0 Å². The van der Waals surface area contributed by atoms with Crippen molar-refractivity contribution in [2.75, 3.05) is 13.1 Å². The molecule has 2 aliphatic heterocycles. The highest BCUT2D eigenvalue weighted by atomic mass is 31.2. The summed E-state index contributed by atoms with van der Waals surface area (Å²) in [6, 6.07) is 41.0. The van der Waals surface area contributed by atoms with E-state index in [-0.39, 0.29) is 35.2 Å². The van der Waals surface area contributed by atoms with Crippen LogP contribution in [0.25, 0.3) is 0 Å². The predicted molar refractivity (Wildman–Crippen MR) is 190 cm³/mol. The molecule has 2 fully saturated rings. The molecule has 0 radical (unpaired) electrons. The van der Waals surface area contributed by atoms with Gasteiger partial charge in [0.2, 0.25) is 0 Å². The third-order valence-corrected chi connectivity index (χ3v) is 17.5. The van der Waals surface area contributed by atoms with Gasteiger partial charge in [0.1, 0.15) is 0 Å². The van der Waals surface area contributed by atoms with Gasteiger partial charge in [-0.2, -0.15) is 0 Å². The molecule has 0 N–H and O–H groups in total. The van der Waals surface area contributed by atoms with Gasteiger partial charge in [-0.25, -0.2) is 9.34 Å². The Morgan fingerprint density at radius 3 is 1.13 bits per heavy atom. The molecule has 2 saturated heterocycles. The third-order valence-electron chi connectivity index (χ3n) is 10.3. The van der Waals surface area contributed by atoms with E-state index in [1.807, 2.05) is 72.8 Å². The first kappa shape index (κ1) is 29.6. The molecule has 4 aromatic carbocycles. The van der Waals surface area contributed by atoms with Crippen molar-refractivity contribution in [3.8, 4) is 0 Å². The van der Waals surface area contributed by atoms with Crippen molar-refractivity contribution in [2.45, 2.75) is 23.4 Å². The lowest BCUT2D eigenvalue weighted by Gasteiger charge is -2.37. The van der Waals surface area contributed by atoms with Crippen molar-refractivity contribution < 1.29 is 9.13 Å². The molecule has 2 heterocycles. The van der Waals surface area contributed by atoms with Crippen molar-refractivity contribution in [3.05, 3.63) is 181 Å². The maximum atomic E-state index is 15.9. The number of fused-ring (bicyclic) bond motifs is 2. The summed E-state index contributed by atoms with van der Waals surface area (Å²) in [7, 11) is -6.26. The summed E-state index contributed by atoms with van der Waals surface area (Å²) in [6.45, 7) is 1.04. The van der Waals surface area contributed by atoms with Crippen LogP contribution in [0.2, 0.25) is 0 Å². The number of hydrogen-bond donors (Lipinski definition) is 0. The first-order valence-electron chi connectivity index (χ1n) is 16.3. The monoisotopic (exact) mass is 640 g/mol. The molecule has 230 valence electrons. The molecule has 0 aromatic heterocycles. The molecule has 2 aliphatic carbocycles. The second kappa shape index (κ2) is 12.1. The zero-order valence-electron chi connectivity index (χ0n) is 25.6. The largest absolute Gasteiger partial charge is 0.301 e. The van der Waals surface area contributed by atoms with Gasteiger partial charge in [0.05, 0.1) is 11.3 Å². The maximum absolute atomic E-state index is 15.9. The van der Waals surface area contributed by atoms with Crippen molar-refractivity contribution >= 4 is 25.2 Å². The predicted octanol–water partition coefficient (Wildman–Crippen LogP) is 8.53. The van der Waals surface area contributed by atoms with Gasteiger partial charge in [-0.1, -0.05) is 170 Å². The van der Waals surface area contributed by atoms with Gasteiger partial charge in [-0.05, 0) is 11.1 Å². The summed E-state index contributed by atoms with van der Waals surface area (Å²) < 4.78 is 36.3. The van der Waals surface area contributed by atoms with E-state index in [2.05, 4.69) is 106 Å². The zero-order valence-corrected chi connectivity index (χ0v) is 27.4. The first-order valence-corrected chi connectivity index (χ1v) is 19.7. The van der Waals surface area contributed by atoms with Gasteiger partial charge in [0.25, 0.3) is 0 Å². The Bertz CT molecular complexity index is 1770. The van der Waals surface area contributed by atoms with Crippen molar-refractivity contribution in [3.63, 3.8) is 0 Å². The van der Waals surface area contributed by atoms with E-state index >= 15 is 9.13 Å². The zero-order chi connectivity index (χ0) is 31.1. The molecule has 0 amide bonds. The molecule has 8 atom stereocenters. The van der Waals surface area contributed by atoms with E-state index in [1.165, 1.54) is 0 Å². The van der Waals surface area contributed by atoms with E-state index in [0.29, 0.717) is 13.1 Å². The number of nitrogens with zero attached hydrogens (tertiary/aromatic N) is 2. The fraction of sp³-hybridized carbons (Fsp3) is 0.200. The summed E-state index contributed by atoms with van der Waals surface area (Å²) in [4.78, 5) is 0.